The molecule has 1 aromatic heterocycles. The van der Waals surface area contributed by atoms with Crippen LogP contribution < -0.4 is 15.2 Å². The van der Waals surface area contributed by atoms with Gasteiger partial charge in [0.05, 0.1) is 4.90 Å². The van der Waals surface area contributed by atoms with Gasteiger partial charge in [-0.1, -0.05) is 0 Å². The monoisotopic (exact) mass is 390 g/mol. The number of carbonyl (C=O) groups excluding carboxylic acids is 1. The van der Waals surface area contributed by atoms with Crippen LogP contribution in [0.1, 0.15) is 25.8 Å². The third kappa shape index (κ3) is 4.09. The number of nitrogens with zero attached hydrogens (tertiary/aromatic N) is 3. The van der Waals surface area contributed by atoms with Crippen molar-refractivity contribution in [3.8, 4) is 0 Å². The van der Waals surface area contributed by atoms with Crippen molar-refractivity contribution in [1.82, 2.24) is 14.5 Å². The molecule has 1 atom stereocenters. The predicted octanol–water partition coefficient (Wildman–Crippen LogP) is 0.909. The zero-order valence-electron chi connectivity index (χ0n) is 15.3. The van der Waals surface area contributed by atoms with E-state index in [-0.39, 0.29) is 28.9 Å². The van der Waals surface area contributed by atoms with Gasteiger partial charge in [-0.05, 0) is 49.6 Å². The molecule has 1 aromatic carbocycles. The number of rotatable bonds is 6. The number of hydrogen-bond acceptors (Lipinski definition) is 5. The summed E-state index contributed by atoms with van der Waals surface area (Å²) in [7, 11) is -3.66. The Balaban J connectivity index is 1.66. The highest BCUT2D eigenvalue weighted by Gasteiger charge is 2.30. The molecule has 9 heteroatoms. The minimum atomic E-state index is -3.66. The van der Waals surface area contributed by atoms with Crippen LogP contribution in [0.4, 0.5) is 5.69 Å². The zero-order chi connectivity index (χ0) is 19.6. The first kappa shape index (κ1) is 19.2. The number of sulfonamides is 1. The molecule has 0 bridgehead atoms. The molecule has 0 fully saturated rings. The van der Waals surface area contributed by atoms with Crippen molar-refractivity contribution in [3.63, 3.8) is 0 Å². The van der Waals surface area contributed by atoms with Crippen molar-refractivity contribution in [2.24, 2.45) is 0 Å². The molecule has 1 aliphatic heterocycles. The molecule has 0 radical (unpaired) electrons. The van der Waals surface area contributed by atoms with Crippen molar-refractivity contribution in [2.75, 3.05) is 11.4 Å². The highest BCUT2D eigenvalue weighted by molar-refractivity contribution is 7.89. The van der Waals surface area contributed by atoms with Gasteiger partial charge in [-0.15, -0.1) is 0 Å². The van der Waals surface area contributed by atoms with Gasteiger partial charge in [-0.2, -0.15) is 5.10 Å². The summed E-state index contributed by atoms with van der Waals surface area (Å²) in [6.45, 7) is 3.97. The van der Waals surface area contributed by atoms with E-state index >= 15 is 0 Å². The first-order valence-electron chi connectivity index (χ1n) is 8.74. The molecule has 1 aliphatic rings. The van der Waals surface area contributed by atoms with Crippen LogP contribution in [-0.4, -0.2) is 36.7 Å². The van der Waals surface area contributed by atoms with Crippen LogP contribution in [0.15, 0.2) is 46.2 Å². The van der Waals surface area contributed by atoms with Crippen molar-refractivity contribution in [3.05, 3.63) is 52.4 Å². The summed E-state index contributed by atoms with van der Waals surface area (Å²) in [5.41, 5.74) is 1.40. The molecule has 8 nitrogen and oxygen atoms in total. The van der Waals surface area contributed by atoms with Gasteiger partial charge >= 0.3 is 0 Å². The maximum atomic E-state index is 12.5. The van der Waals surface area contributed by atoms with Gasteiger partial charge in [-0.3, -0.25) is 9.59 Å². The molecular formula is C18H22N4O4S. The van der Waals surface area contributed by atoms with Gasteiger partial charge in [0.2, 0.25) is 15.9 Å². The standard InChI is InChI=1S/C18H22N4O4S/c1-13-11-15-12-16(6-7-17(15)22(13)14(2)23)27(25,26)20-9-4-10-21-18(24)5-3-8-19-21/h3,5-8,12-13,20H,4,9-11H2,1-2H3. The van der Waals surface area contributed by atoms with Crippen molar-refractivity contribution >= 4 is 21.6 Å². The van der Waals surface area contributed by atoms with Gasteiger partial charge < -0.3 is 4.90 Å². The maximum absolute atomic E-state index is 12.5. The normalized spacial score (nSPS) is 16.4. The minimum absolute atomic E-state index is 0.0140. The number of amides is 1. The number of nitrogens with one attached hydrogen (secondary N) is 1. The molecular weight excluding hydrogens is 368 g/mol. The summed E-state index contributed by atoms with van der Waals surface area (Å²) in [5, 5.41) is 3.93. The second kappa shape index (κ2) is 7.61. The van der Waals surface area contributed by atoms with Crippen LogP contribution in [0.3, 0.4) is 0 Å². The Kier molecular flexibility index (Phi) is 5.43. The van der Waals surface area contributed by atoms with Crippen LogP contribution in [0.2, 0.25) is 0 Å². The summed E-state index contributed by atoms with van der Waals surface area (Å²) in [6.07, 6.45) is 2.58. The molecule has 0 saturated heterocycles. The number of aromatic nitrogens is 2. The van der Waals surface area contributed by atoms with Crippen LogP contribution in [0, 0.1) is 0 Å². The number of carbonyl (C=O) groups is 1. The van der Waals surface area contributed by atoms with E-state index < -0.39 is 10.0 Å². The second-order valence-electron chi connectivity index (χ2n) is 6.57. The van der Waals surface area contributed by atoms with E-state index in [2.05, 4.69) is 9.82 Å². The SMILES string of the molecule is CC(=O)N1c2ccc(S(=O)(=O)NCCCn3ncccc3=O)cc2CC1C. The minimum Gasteiger partial charge on any atom is -0.309 e. The number of fused-ring (bicyclic) bond motifs is 1. The van der Waals surface area contributed by atoms with E-state index in [4.69, 9.17) is 0 Å². The third-order valence-corrected chi connectivity index (χ3v) is 6.00. The maximum Gasteiger partial charge on any atom is 0.266 e. The molecule has 3 rings (SSSR count). The van der Waals surface area contributed by atoms with E-state index in [0.717, 1.165) is 11.3 Å². The Labute approximate surface area is 157 Å². The molecule has 1 N–H and O–H groups in total. The third-order valence-electron chi connectivity index (χ3n) is 4.54. The van der Waals surface area contributed by atoms with Crippen LogP contribution in [0.5, 0.6) is 0 Å². The summed E-state index contributed by atoms with van der Waals surface area (Å²) >= 11 is 0. The number of hydrogen-bond donors (Lipinski definition) is 1. The summed E-state index contributed by atoms with van der Waals surface area (Å²) < 4.78 is 28.9. The van der Waals surface area contributed by atoms with Crippen molar-refractivity contribution in [2.45, 2.75) is 44.2 Å². The van der Waals surface area contributed by atoms with Gasteiger partial charge in [0.15, 0.2) is 0 Å². The van der Waals surface area contributed by atoms with Gasteiger partial charge in [0, 0.05) is 44.0 Å². The Morgan fingerprint density at radius 2 is 2.11 bits per heavy atom. The molecule has 0 saturated carbocycles. The Hall–Kier alpha value is -2.52. The summed E-state index contributed by atoms with van der Waals surface area (Å²) in [4.78, 5) is 25.2. The molecule has 1 amide bonds. The van der Waals surface area contributed by atoms with Gasteiger partial charge in [0.25, 0.3) is 5.56 Å². The van der Waals surface area contributed by atoms with Crippen molar-refractivity contribution < 1.29 is 13.2 Å². The molecule has 2 heterocycles. The summed E-state index contributed by atoms with van der Waals surface area (Å²) in [5.74, 6) is -0.0558. The molecule has 27 heavy (non-hydrogen) atoms. The molecule has 2 aromatic rings. The average Bonchev–Trinajstić information content (AvgIpc) is 2.95. The van der Waals surface area contributed by atoms with E-state index in [1.807, 2.05) is 6.92 Å². The first-order valence-corrected chi connectivity index (χ1v) is 10.2. The lowest BCUT2D eigenvalue weighted by Crippen LogP contribution is -2.33. The highest BCUT2D eigenvalue weighted by Crippen LogP contribution is 2.33. The average molecular weight is 390 g/mol. The lowest BCUT2D eigenvalue weighted by Gasteiger charge is -2.20. The number of benzene rings is 1. The van der Waals surface area contributed by atoms with Gasteiger partial charge in [-0.25, -0.2) is 17.8 Å². The molecule has 0 spiro atoms. The van der Waals surface area contributed by atoms with Crippen LogP contribution in [-0.2, 0) is 27.8 Å². The van der Waals surface area contributed by atoms with E-state index in [9.17, 15) is 18.0 Å². The van der Waals surface area contributed by atoms with E-state index in [1.54, 1.807) is 23.1 Å². The molecule has 0 aliphatic carbocycles. The van der Waals surface area contributed by atoms with Crippen LogP contribution >= 0.6 is 0 Å². The second-order valence-corrected chi connectivity index (χ2v) is 8.34. The van der Waals surface area contributed by atoms with E-state index in [1.165, 1.54) is 29.9 Å². The zero-order valence-corrected chi connectivity index (χ0v) is 16.1. The van der Waals surface area contributed by atoms with Crippen LogP contribution in [0.25, 0.3) is 0 Å². The fourth-order valence-corrected chi connectivity index (χ4v) is 4.45. The summed E-state index contributed by atoms with van der Waals surface area (Å²) in [6, 6.07) is 7.80. The molecule has 1 unspecified atom stereocenters. The smallest absolute Gasteiger partial charge is 0.266 e. The Morgan fingerprint density at radius 3 is 2.81 bits per heavy atom. The quantitative estimate of drug-likeness (QED) is 0.739. The largest absolute Gasteiger partial charge is 0.309 e. The van der Waals surface area contributed by atoms with Crippen molar-refractivity contribution in [1.29, 1.82) is 0 Å². The highest BCUT2D eigenvalue weighted by atomic mass is 32.2. The fraction of sp³-hybridized carbons (Fsp3) is 0.389. The van der Waals surface area contributed by atoms with E-state index in [0.29, 0.717) is 19.4 Å². The Bertz CT molecular complexity index is 1020. The van der Waals surface area contributed by atoms with Gasteiger partial charge in [0.1, 0.15) is 0 Å². The lowest BCUT2D eigenvalue weighted by molar-refractivity contribution is -0.116. The first-order chi connectivity index (χ1) is 12.8. The topological polar surface area (TPSA) is 101 Å². The molecule has 144 valence electrons. The Morgan fingerprint density at radius 1 is 1.33 bits per heavy atom. The number of aryl methyl sites for hydroxylation is 1. The number of anilines is 1. The fourth-order valence-electron chi connectivity index (χ4n) is 3.33. The predicted molar refractivity (Wildman–Crippen MR) is 101 cm³/mol. The lowest BCUT2D eigenvalue weighted by atomic mass is 10.1.